The molecule has 0 aliphatic heterocycles. The summed E-state index contributed by atoms with van der Waals surface area (Å²) in [7, 11) is 0. The number of nitrogens with two attached hydrogens (primary N) is 1. The van der Waals surface area contributed by atoms with E-state index in [4.69, 9.17) is 10.5 Å². The minimum Gasteiger partial charge on any atom is -0.375 e. The van der Waals surface area contributed by atoms with Crippen LogP contribution in [0, 0.1) is 0 Å². The molecule has 0 unspecified atom stereocenters. The van der Waals surface area contributed by atoms with Crippen LogP contribution < -0.4 is 5.73 Å². The van der Waals surface area contributed by atoms with Gasteiger partial charge in [-0.25, -0.2) is 0 Å². The number of alkyl halides is 2. The summed E-state index contributed by atoms with van der Waals surface area (Å²) in [4.78, 5) is 0. The summed E-state index contributed by atoms with van der Waals surface area (Å²) in [5, 5.41) is 0. The maximum atomic E-state index is 13.7. The second-order valence-electron chi connectivity index (χ2n) is 3.38. The van der Waals surface area contributed by atoms with Gasteiger partial charge in [0.1, 0.15) is 6.61 Å². The smallest absolute Gasteiger partial charge is 0.297 e. The van der Waals surface area contributed by atoms with Crippen LogP contribution in [0.1, 0.15) is 12.0 Å². The number of rotatable bonds is 6. The van der Waals surface area contributed by atoms with Crippen molar-refractivity contribution in [3.63, 3.8) is 0 Å². The van der Waals surface area contributed by atoms with E-state index in [9.17, 15) is 8.78 Å². The number of ether oxygens (including phenoxy) is 1. The molecule has 0 aliphatic rings. The minimum absolute atomic E-state index is 0.0530. The first-order chi connectivity index (χ1) is 7.58. The molecule has 0 aromatic heterocycles. The van der Waals surface area contributed by atoms with Crippen molar-refractivity contribution in [2.45, 2.75) is 12.3 Å². The maximum absolute atomic E-state index is 13.7. The molecule has 2 N–H and O–H groups in total. The summed E-state index contributed by atoms with van der Waals surface area (Å²) < 4.78 is 32.6. The van der Waals surface area contributed by atoms with Crippen LogP contribution in [-0.2, 0) is 10.7 Å². The van der Waals surface area contributed by atoms with E-state index >= 15 is 0 Å². The highest BCUT2D eigenvalue weighted by molar-refractivity contribution is 9.10. The van der Waals surface area contributed by atoms with Crippen molar-refractivity contribution in [1.29, 1.82) is 0 Å². The average Bonchev–Trinajstić information content (AvgIpc) is 2.25. The Hall–Kier alpha value is -0.520. The normalized spacial score (nSPS) is 11.8. The Morgan fingerprint density at radius 3 is 2.62 bits per heavy atom. The molecule has 2 nitrogen and oxygen atoms in total. The van der Waals surface area contributed by atoms with Gasteiger partial charge in [0.2, 0.25) is 0 Å². The summed E-state index contributed by atoms with van der Waals surface area (Å²) in [6.45, 7) is 0.0900. The Morgan fingerprint density at radius 1 is 1.31 bits per heavy atom. The Labute approximate surface area is 102 Å². The predicted molar refractivity (Wildman–Crippen MR) is 62.5 cm³/mol. The molecule has 0 radical (unpaired) electrons. The monoisotopic (exact) mass is 293 g/mol. The molecule has 0 amide bonds. The van der Waals surface area contributed by atoms with E-state index in [2.05, 4.69) is 15.9 Å². The second-order valence-corrected chi connectivity index (χ2v) is 4.23. The first-order valence-corrected chi connectivity index (χ1v) is 5.78. The van der Waals surface area contributed by atoms with Crippen molar-refractivity contribution >= 4 is 15.9 Å². The number of hydrogen-bond donors (Lipinski definition) is 1. The summed E-state index contributed by atoms with van der Waals surface area (Å²) >= 11 is 3.10. The van der Waals surface area contributed by atoms with Gasteiger partial charge in [-0.05, 0) is 19.0 Å². The Morgan fingerprint density at radius 2 is 2.00 bits per heavy atom. The van der Waals surface area contributed by atoms with Gasteiger partial charge >= 0.3 is 0 Å². The Bertz CT molecular complexity index is 334. The third-order valence-corrected chi connectivity index (χ3v) is 2.74. The van der Waals surface area contributed by atoms with Crippen molar-refractivity contribution < 1.29 is 13.5 Å². The van der Waals surface area contributed by atoms with Crippen LogP contribution in [0.4, 0.5) is 8.78 Å². The fourth-order valence-corrected chi connectivity index (χ4v) is 1.80. The topological polar surface area (TPSA) is 35.2 Å². The molecule has 5 heteroatoms. The molecule has 90 valence electrons. The Balaban J connectivity index is 2.59. The van der Waals surface area contributed by atoms with Crippen molar-refractivity contribution in [3.8, 4) is 0 Å². The second kappa shape index (κ2) is 6.27. The highest BCUT2D eigenvalue weighted by Gasteiger charge is 2.33. The first-order valence-electron chi connectivity index (χ1n) is 4.98. The largest absolute Gasteiger partial charge is 0.375 e. The number of hydrogen-bond acceptors (Lipinski definition) is 2. The van der Waals surface area contributed by atoms with Crippen molar-refractivity contribution in [1.82, 2.24) is 0 Å². The van der Waals surface area contributed by atoms with Gasteiger partial charge in [0.05, 0.1) is 0 Å². The average molecular weight is 294 g/mol. The van der Waals surface area contributed by atoms with Crippen molar-refractivity contribution in [2.75, 3.05) is 19.8 Å². The third kappa shape index (κ3) is 3.81. The zero-order valence-electron chi connectivity index (χ0n) is 8.76. The van der Waals surface area contributed by atoms with E-state index < -0.39 is 12.5 Å². The van der Waals surface area contributed by atoms with Gasteiger partial charge in [0, 0.05) is 16.6 Å². The lowest BCUT2D eigenvalue weighted by Gasteiger charge is -2.18. The SMILES string of the molecule is NCCCOCC(F)(F)c1ccccc1Br. The highest BCUT2D eigenvalue weighted by atomic mass is 79.9. The molecule has 0 fully saturated rings. The molecule has 0 aliphatic carbocycles. The fraction of sp³-hybridized carbons (Fsp3) is 0.455. The summed E-state index contributed by atoms with van der Waals surface area (Å²) in [6, 6.07) is 6.24. The molecule has 0 atom stereocenters. The molecule has 1 rings (SSSR count). The zero-order chi connectivity index (χ0) is 12.0. The van der Waals surface area contributed by atoms with Gasteiger partial charge < -0.3 is 10.5 Å². The van der Waals surface area contributed by atoms with Gasteiger partial charge in [-0.1, -0.05) is 34.1 Å². The van der Waals surface area contributed by atoms with Crippen LogP contribution in [0.5, 0.6) is 0 Å². The first kappa shape index (κ1) is 13.5. The molecular weight excluding hydrogens is 280 g/mol. The van der Waals surface area contributed by atoms with Crippen LogP contribution in [-0.4, -0.2) is 19.8 Å². The molecule has 0 heterocycles. The van der Waals surface area contributed by atoms with Crippen LogP contribution in [0.2, 0.25) is 0 Å². The summed E-state index contributed by atoms with van der Waals surface area (Å²) in [6.07, 6.45) is 0.589. The van der Waals surface area contributed by atoms with Gasteiger partial charge in [0.15, 0.2) is 0 Å². The summed E-state index contributed by atoms with van der Waals surface area (Å²) in [5.41, 5.74) is 5.19. The van der Waals surface area contributed by atoms with Gasteiger partial charge in [0.25, 0.3) is 5.92 Å². The molecular formula is C11H14BrF2NO. The lowest BCUT2D eigenvalue weighted by Crippen LogP contribution is -2.22. The Kier molecular flexibility index (Phi) is 5.31. The van der Waals surface area contributed by atoms with Crippen LogP contribution in [0.25, 0.3) is 0 Å². The van der Waals surface area contributed by atoms with E-state index in [0.29, 0.717) is 17.4 Å². The zero-order valence-corrected chi connectivity index (χ0v) is 10.3. The van der Waals surface area contributed by atoms with E-state index in [-0.39, 0.29) is 12.2 Å². The predicted octanol–water partition coefficient (Wildman–Crippen LogP) is 2.91. The van der Waals surface area contributed by atoms with Crippen LogP contribution >= 0.6 is 15.9 Å². The molecule has 16 heavy (non-hydrogen) atoms. The third-order valence-electron chi connectivity index (χ3n) is 2.04. The standard InChI is InChI=1S/C11H14BrF2NO/c12-10-5-2-1-4-9(10)11(13,14)8-16-7-3-6-15/h1-2,4-5H,3,6-8,15H2. The molecule has 1 aromatic carbocycles. The molecule has 0 saturated carbocycles. The van der Waals surface area contributed by atoms with Crippen LogP contribution in [0.15, 0.2) is 28.7 Å². The maximum Gasteiger partial charge on any atom is 0.297 e. The lowest BCUT2D eigenvalue weighted by molar-refractivity contribution is -0.0831. The lowest BCUT2D eigenvalue weighted by atomic mass is 10.1. The van der Waals surface area contributed by atoms with Gasteiger partial charge in [-0.2, -0.15) is 8.78 Å². The highest BCUT2D eigenvalue weighted by Crippen LogP contribution is 2.33. The van der Waals surface area contributed by atoms with Crippen molar-refractivity contribution in [2.24, 2.45) is 5.73 Å². The van der Waals surface area contributed by atoms with E-state index in [1.807, 2.05) is 0 Å². The van der Waals surface area contributed by atoms with E-state index in [1.54, 1.807) is 18.2 Å². The fourth-order valence-electron chi connectivity index (χ4n) is 1.22. The van der Waals surface area contributed by atoms with Gasteiger partial charge in [-0.3, -0.25) is 0 Å². The molecule has 0 saturated heterocycles. The van der Waals surface area contributed by atoms with Crippen LogP contribution in [0.3, 0.4) is 0 Å². The minimum atomic E-state index is -2.98. The molecule has 0 spiro atoms. The molecule has 1 aromatic rings. The van der Waals surface area contributed by atoms with E-state index in [0.717, 1.165) is 0 Å². The quantitative estimate of drug-likeness (QED) is 0.819. The molecule has 0 bridgehead atoms. The number of benzene rings is 1. The summed E-state index contributed by atoms with van der Waals surface area (Å²) in [5.74, 6) is -2.98. The van der Waals surface area contributed by atoms with E-state index in [1.165, 1.54) is 6.07 Å². The van der Waals surface area contributed by atoms with Gasteiger partial charge in [-0.15, -0.1) is 0 Å². The van der Waals surface area contributed by atoms with Crippen molar-refractivity contribution in [3.05, 3.63) is 34.3 Å². The number of halogens is 3.